The van der Waals surface area contributed by atoms with Crippen LogP contribution >= 0.6 is 0 Å². The van der Waals surface area contributed by atoms with Gasteiger partial charge in [0.05, 0.1) is 0 Å². The maximum absolute atomic E-state index is 3.72. The molecule has 0 heterocycles. The summed E-state index contributed by atoms with van der Waals surface area (Å²) in [5, 5.41) is 3.72. The molecule has 0 bridgehead atoms. The van der Waals surface area contributed by atoms with E-state index in [0.29, 0.717) is 0 Å². The third kappa shape index (κ3) is 5.71. The molecule has 2 heteroatoms. The van der Waals surface area contributed by atoms with E-state index in [1.165, 1.54) is 58.2 Å². The van der Waals surface area contributed by atoms with Gasteiger partial charge in [0.25, 0.3) is 0 Å². The maximum atomic E-state index is 3.72. The first kappa shape index (κ1) is 16.0. The minimum absolute atomic E-state index is 0.751. The lowest BCUT2D eigenvalue weighted by molar-refractivity contribution is 0.158. The van der Waals surface area contributed by atoms with E-state index in [1.54, 1.807) is 0 Å². The van der Waals surface area contributed by atoms with Gasteiger partial charge in [0.15, 0.2) is 0 Å². The minimum Gasteiger partial charge on any atom is -0.312 e. The van der Waals surface area contributed by atoms with Crippen LogP contribution in [0, 0.1) is 5.92 Å². The summed E-state index contributed by atoms with van der Waals surface area (Å²) in [6, 6.07) is 1.59. The molecule has 1 aliphatic rings. The average Bonchev–Trinajstić information content (AvgIpc) is 3.21. The van der Waals surface area contributed by atoms with Gasteiger partial charge in [-0.2, -0.15) is 0 Å². The molecule has 1 atom stereocenters. The van der Waals surface area contributed by atoms with Crippen molar-refractivity contribution in [3.63, 3.8) is 0 Å². The van der Waals surface area contributed by atoms with Crippen molar-refractivity contribution in [1.82, 2.24) is 10.2 Å². The van der Waals surface area contributed by atoms with Gasteiger partial charge >= 0.3 is 0 Å². The highest BCUT2D eigenvalue weighted by molar-refractivity contribution is 4.84. The molecular weight excluding hydrogens is 220 g/mol. The highest BCUT2D eigenvalue weighted by Gasteiger charge is 2.24. The van der Waals surface area contributed by atoms with E-state index >= 15 is 0 Å². The molecule has 0 spiro atoms. The second kappa shape index (κ2) is 8.92. The van der Waals surface area contributed by atoms with E-state index in [1.807, 2.05) is 0 Å². The van der Waals surface area contributed by atoms with Gasteiger partial charge in [0, 0.05) is 25.2 Å². The summed E-state index contributed by atoms with van der Waals surface area (Å²) in [5.74, 6) is 0.880. The Morgan fingerprint density at radius 3 is 2.22 bits per heavy atom. The van der Waals surface area contributed by atoms with Gasteiger partial charge < -0.3 is 5.32 Å². The largest absolute Gasteiger partial charge is 0.312 e. The fraction of sp³-hybridized carbons (Fsp3) is 1.00. The van der Waals surface area contributed by atoms with Crippen LogP contribution in [0.4, 0.5) is 0 Å². The lowest BCUT2D eigenvalue weighted by Crippen LogP contribution is -2.44. The molecule has 108 valence electrons. The first-order chi connectivity index (χ1) is 8.74. The lowest BCUT2D eigenvalue weighted by Gasteiger charge is -2.33. The highest BCUT2D eigenvalue weighted by Crippen LogP contribution is 2.20. The Labute approximate surface area is 115 Å². The van der Waals surface area contributed by atoms with Gasteiger partial charge in [-0.05, 0) is 31.7 Å². The molecule has 1 aliphatic carbocycles. The Bertz CT molecular complexity index is 197. The van der Waals surface area contributed by atoms with Crippen molar-refractivity contribution in [3.8, 4) is 0 Å². The fourth-order valence-corrected chi connectivity index (χ4v) is 2.75. The molecule has 0 aromatic carbocycles. The van der Waals surface area contributed by atoms with Crippen molar-refractivity contribution >= 4 is 0 Å². The summed E-state index contributed by atoms with van der Waals surface area (Å²) in [4.78, 5) is 2.72. The molecule has 2 nitrogen and oxygen atoms in total. The smallest absolute Gasteiger partial charge is 0.0220 e. The van der Waals surface area contributed by atoms with Crippen LogP contribution < -0.4 is 5.32 Å². The normalized spacial score (nSPS) is 17.7. The number of nitrogens with one attached hydrogen (secondary N) is 1. The molecule has 1 fully saturated rings. The van der Waals surface area contributed by atoms with Crippen molar-refractivity contribution < 1.29 is 0 Å². The summed E-state index contributed by atoms with van der Waals surface area (Å²) in [6.07, 6.45) is 8.09. The van der Waals surface area contributed by atoms with Crippen LogP contribution in [0.1, 0.15) is 66.2 Å². The summed E-state index contributed by atoms with van der Waals surface area (Å²) in [7, 11) is 0. The van der Waals surface area contributed by atoms with Gasteiger partial charge in [0.2, 0.25) is 0 Å². The standard InChI is InChI=1S/C16H34N2/c1-5-9-16(12-17-15-10-11-15)18(8-4)13-14(6-2)7-3/h14-17H,5-13H2,1-4H3. The quantitative estimate of drug-likeness (QED) is 0.605. The molecule has 0 amide bonds. The third-order valence-corrected chi connectivity index (χ3v) is 4.41. The lowest BCUT2D eigenvalue weighted by atomic mass is 10.0. The Kier molecular flexibility index (Phi) is 7.92. The van der Waals surface area contributed by atoms with Crippen molar-refractivity contribution in [2.24, 2.45) is 5.92 Å². The number of hydrogen-bond donors (Lipinski definition) is 1. The predicted molar refractivity (Wildman–Crippen MR) is 81.0 cm³/mol. The average molecular weight is 254 g/mol. The molecule has 1 saturated carbocycles. The molecule has 18 heavy (non-hydrogen) atoms. The Hall–Kier alpha value is -0.0800. The summed E-state index contributed by atoms with van der Waals surface area (Å²) in [6.45, 7) is 13.0. The van der Waals surface area contributed by atoms with Crippen LogP contribution in [0.15, 0.2) is 0 Å². The SMILES string of the molecule is CCCC(CNC1CC1)N(CC)CC(CC)CC. The van der Waals surface area contributed by atoms with Crippen molar-refractivity contribution in [3.05, 3.63) is 0 Å². The summed E-state index contributed by atoms with van der Waals surface area (Å²) >= 11 is 0. The van der Waals surface area contributed by atoms with Gasteiger partial charge in [-0.15, -0.1) is 0 Å². The van der Waals surface area contributed by atoms with Gasteiger partial charge in [0.1, 0.15) is 0 Å². The van der Waals surface area contributed by atoms with Gasteiger partial charge in [-0.25, -0.2) is 0 Å². The van der Waals surface area contributed by atoms with E-state index in [4.69, 9.17) is 0 Å². The molecule has 1 unspecified atom stereocenters. The van der Waals surface area contributed by atoms with Crippen LogP contribution in [0.25, 0.3) is 0 Å². The number of likely N-dealkylation sites (N-methyl/N-ethyl adjacent to an activating group) is 1. The molecule has 0 aliphatic heterocycles. The molecule has 0 radical (unpaired) electrons. The zero-order valence-electron chi connectivity index (χ0n) is 13.0. The zero-order chi connectivity index (χ0) is 13.4. The van der Waals surface area contributed by atoms with Crippen LogP contribution in [0.3, 0.4) is 0 Å². The molecule has 1 N–H and O–H groups in total. The third-order valence-electron chi connectivity index (χ3n) is 4.41. The van der Waals surface area contributed by atoms with Crippen molar-refractivity contribution in [2.75, 3.05) is 19.6 Å². The van der Waals surface area contributed by atoms with E-state index in [-0.39, 0.29) is 0 Å². The molecule has 0 aromatic rings. The van der Waals surface area contributed by atoms with Crippen molar-refractivity contribution in [1.29, 1.82) is 0 Å². The minimum atomic E-state index is 0.751. The first-order valence-electron chi connectivity index (χ1n) is 8.22. The van der Waals surface area contributed by atoms with Crippen LogP contribution in [0.5, 0.6) is 0 Å². The number of hydrogen-bond acceptors (Lipinski definition) is 2. The highest BCUT2D eigenvalue weighted by atomic mass is 15.2. The Morgan fingerprint density at radius 1 is 1.11 bits per heavy atom. The van der Waals surface area contributed by atoms with E-state index < -0.39 is 0 Å². The number of nitrogens with zero attached hydrogens (tertiary/aromatic N) is 1. The molecule has 1 rings (SSSR count). The molecular formula is C16H34N2. The van der Waals surface area contributed by atoms with Crippen LogP contribution in [-0.4, -0.2) is 36.6 Å². The predicted octanol–water partition coefficient (Wildman–Crippen LogP) is 3.67. The second-order valence-electron chi connectivity index (χ2n) is 5.90. The monoisotopic (exact) mass is 254 g/mol. The Morgan fingerprint density at radius 2 is 1.78 bits per heavy atom. The van der Waals surface area contributed by atoms with Crippen LogP contribution in [-0.2, 0) is 0 Å². The van der Waals surface area contributed by atoms with E-state index in [2.05, 4.69) is 37.9 Å². The van der Waals surface area contributed by atoms with Crippen molar-refractivity contribution in [2.45, 2.75) is 78.3 Å². The first-order valence-corrected chi connectivity index (χ1v) is 8.22. The Balaban J connectivity index is 2.42. The summed E-state index contributed by atoms with van der Waals surface area (Å²) < 4.78 is 0. The number of rotatable bonds is 11. The van der Waals surface area contributed by atoms with E-state index in [9.17, 15) is 0 Å². The fourth-order valence-electron chi connectivity index (χ4n) is 2.75. The maximum Gasteiger partial charge on any atom is 0.0220 e. The van der Waals surface area contributed by atoms with Crippen LogP contribution in [0.2, 0.25) is 0 Å². The van der Waals surface area contributed by atoms with E-state index in [0.717, 1.165) is 18.0 Å². The van der Waals surface area contributed by atoms with Gasteiger partial charge in [-0.1, -0.05) is 47.0 Å². The second-order valence-corrected chi connectivity index (χ2v) is 5.90. The molecule has 0 saturated heterocycles. The van der Waals surface area contributed by atoms with Gasteiger partial charge in [-0.3, -0.25) is 4.90 Å². The summed E-state index contributed by atoms with van der Waals surface area (Å²) in [5.41, 5.74) is 0. The topological polar surface area (TPSA) is 15.3 Å². The zero-order valence-corrected chi connectivity index (χ0v) is 13.0. The molecule has 0 aromatic heterocycles.